The van der Waals surface area contributed by atoms with E-state index < -0.39 is 10.0 Å². The second-order valence-electron chi connectivity index (χ2n) is 4.71. The number of nitrogens with zero attached hydrogens (tertiary/aromatic N) is 1. The van der Waals surface area contributed by atoms with Gasteiger partial charge in [0.15, 0.2) is 0 Å². The van der Waals surface area contributed by atoms with Crippen LogP contribution in [-0.2, 0) is 14.8 Å². The van der Waals surface area contributed by atoms with E-state index in [4.69, 9.17) is 33.1 Å². The predicted octanol–water partition coefficient (Wildman–Crippen LogP) is 1.50. The van der Waals surface area contributed by atoms with Gasteiger partial charge in [0.25, 0.3) is 5.91 Å². The number of primary sulfonamides is 1. The summed E-state index contributed by atoms with van der Waals surface area (Å²) in [6.45, 7) is 0.975. The molecule has 0 aromatic heterocycles. The van der Waals surface area contributed by atoms with Crippen molar-refractivity contribution in [3.8, 4) is 0 Å². The zero-order valence-electron chi connectivity index (χ0n) is 11.2. The first kappa shape index (κ1) is 16.5. The Hall–Kier alpha value is -0.860. The Morgan fingerprint density at radius 2 is 2.10 bits per heavy atom. The molecule has 1 aromatic carbocycles. The smallest absolute Gasteiger partial charge is 0.254 e. The number of nitrogens with two attached hydrogens (primary N) is 1. The molecule has 0 radical (unpaired) electrons. The summed E-state index contributed by atoms with van der Waals surface area (Å²) in [5, 5.41) is 4.86. The fourth-order valence-electron chi connectivity index (χ4n) is 2.18. The number of hydrogen-bond acceptors (Lipinski definition) is 4. The van der Waals surface area contributed by atoms with Gasteiger partial charge in [-0.2, -0.15) is 0 Å². The summed E-state index contributed by atoms with van der Waals surface area (Å²) in [5.41, 5.74) is 0.130. The number of amides is 1. The number of benzene rings is 1. The average Bonchev–Trinajstić information content (AvgIpc) is 2.88. The molecule has 2 rings (SSSR count). The van der Waals surface area contributed by atoms with E-state index in [-0.39, 0.29) is 32.5 Å². The highest BCUT2D eigenvalue weighted by Gasteiger charge is 2.28. The van der Waals surface area contributed by atoms with Gasteiger partial charge in [0.2, 0.25) is 10.0 Å². The fraction of sp³-hybridized carbons (Fsp3) is 0.417. The Balaban J connectivity index is 2.37. The maximum Gasteiger partial charge on any atom is 0.254 e. The van der Waals surface area contributed by atoms with Crippen molar-refractivity contribution in [3.63, 3.8) is 0 Å². The normalized spacial score (nSPS) is 19.0. The van der Waals surface area contributed by atoms with Gasteiger partial charge in [-0.25, -0.2) is 13.6 Å². The first-order valence-corrected chi connectivity index (χ1v) is 8.38. The topological polar surface area (TPSA) is 89.7 Å². The lowest BCUT2D eigenvalue weighted by atomic mass is 10.2. The van der Waals surface area contributed by atoms with Gasteiger partial charge in [0, 0.05) is 25.8 Å². The van der Waals surface area contributed by atoms with Crippen LogP contribution in [0.4, 0.5) is 0 Å². The number of ether oxygens (including phenoxy) is 1. The molecule has 1 fully saturated rings. The van der Waals surface area contributed by atoms with E-state index in [1.54, 1.807) is 12.0 Å². The van der Waals surface area contributed by atoms with E-state index in [1.807, 2.05) is 0 Å². The molecule has 0 bridgehead atoms. The molecule has 1 saturated heterocycles. The number of rotatable bonds is 3. The Bertz CT molecular complexity index is 678. The summed E-state index contributed by atoms with van der Waals surface area (Å²) in [5.74, 6) is -0.335. The molecule has 1 aromatic rings. The highest BCUT2D eigenvalue weighted by molar-refractivity contribution is 7.89. The number of likely N-dealkylation sites (tertiary alicyclic amines) is 1. The SMILES string of the molecule is COC1CCN(C(=O)c2cc(Cl)c(Cl)c(S(N)(=O)=O)c2)C1. The van der Waals surface area contributed by atoms with Crippen LogP contribution in [-0.4, -0.2) is 45.5 Å². The second kappa shape index (κ2) is 6.10. The molecule has 1 amide bonds. The van der Waals surface area contributed by atoms with Crippen LogP contribution in [0.2, 0.25) is 10.0 Å². The van der Waals surface area contributed by atoms with Gasteiger partial charge >= 0.3 is 0 Å². The second-order valence-corrected chi connectivity index (χ2v) is 7.03. The summed E-state index contributed by atoms with van der Waals surface area (Å²) < 4.78 is 28.2. The summed E-state index contributed by atoms with van der Waals surface area (Å²) in [7, 11) is -2.48. The molecule has 0 spiro atoms. The molecule has 1 aliphatic heterocycles. The minimum absolute atomic E-state index is 0.0190. The third kappa shape index (κ3) is 3.49. The molecule has 1 atom stereocenters. The molecule has 2 N–H and O–H groups in total. The van der Waals surface area contributed by atoms with Crippen molar-refractivity contribution in [1.29, 1.82) is 0 Å². The number of methoxy groups -OCH3 is 1. The molecular formula is C12H14Cl2N2O4S. The predicted molar refractivity (Wildman–Crippen MR) is 79.2 cm³/mol. The Morgan fingerprint density at radius 1 is 1.43 bits per heavy atom. The van der Waals surface area contributed by atoms with E-state index in [9.17, 15) is 13.2 Å². The lowest BCUT2D eigenvalue weighted by Gasteiger charge is -2.17. The number of carbonyl (C=O) groups is 1. The standard InChI is InChI=1S/C12H14Cl2N2O4S/c1-20-8-2-3-16(6-8)12(17)7-4-9(13)11(14)10(5-7)21(15,18)19/h4-5,8H,2-3,6H2,1H3,(H2,15,18,19). The van der Waals surface area contributed by atoms with Crippen molar-refractivity contribution in [2.24, 2.45) is 5.14 Å². The van der Waals surface area contributed by atoms with Gasteiger partial charge in [0.1, 0.15) is 4.90 Å². The van der Waals surface area contributed by atoms with E-state index >= 15 is 0 Å². The number of halogens is 2. The molecule has 0 aliphatic carbocycles. The van der Waals surface area contributed by atoms with Crippen LogP contribution in [0, 0.1) is 0 Å². The van der Waals surface area contributed by atoms with Crippen molar-refractivity contribution in [2.45, 2.75) is 17.4 Å². The molecule has 0 saturated carbocycles. The Labute approximate surface area is 132 Å². The minimum Gasteiger partial charge on any atom is -0.380 e. The van der Waals surface area contributed by atoms with Gasteiger partial charge in [-0.05, 0) is 18.6 Å². The Morgan fingerprint density at radius 3 is 2.62 bits per heavy atom. The van der Waals surface area contributed by atoms with Gasteiger partial charge in [-0.1, -0.05) is 23.2 Å². The van der Waals surface area contributed by atoms with E-state index in [1.165, 1.54) is 6.07 Å². The molecular weight excluding hydrogens is 339 g/mol. The number of sulfonamides is 1. The van der Waals surface area contributed by atoms with E-state index in [2.05, 4.69) is 0 Å². The van der Waals surface area contributed by atoms with Crippen molar-refractivity contribution < 1.29 is 17.9 Å². The molecule has 1 heterocycles. The van der Waals surface area contributed by atoms with Crippen LogP contribution in [0.25, 0.3) is 0 Å². The lowest BCUT2D eigenvalue weighted by molar-refractivity contribution is 0.0724. The fourth-order valence-corrected chi connectivity index (χ4v) is 3.54. The van der Waals surface area contributed by atoms with Crippen LogP contribution in [0.1, 0.15) is 16.8 Å². The first-order chi connectivity index (χ1) is 9.74. The van der Waals surface area contributed by atoms with Crippen molar-refractivity contribution in [3.05, 3.63) is 27.7 Å². The Kier molecular flexibility index (Phi) is 4.79. The van der Waals surface area contributed by atoms with Crippen LogP contribution in [0.3, 0.4) is 0 Å². The monoisotopic (exact) mass is 352 g/mol. The zero-order chi connectivity index (χ0) is 15.8. The molecule has 21 heavy (non-hydrogen) atoms. The van der Waals surface area contributed by atoms with E-state index in [0.717, 1.165) is 12.5 Å². The van der Waals surface area contributed by atoms with Crippen LogP contribution >= 0.6 is 23.2 Å². The zero-order valence-corrected chi connectivity index (χ0v) is 13.5. The maximum absolute atomic E-state index is 12.4. The maximum atomic E-state index is 12.4. The number of hydrogen-bond donors (Lipinski definition) is 1. The number of carbonyl (C=O) groups excluding carboxylic acids is 1. The summed E-state index contributed by atoms with van der Waals surface area (Å²) in [6, 6.07) is 2.48. The van der Waals surface area contributed by atoms with Gasteiger partial charge in [0.05, 0.1) is 16.1 Å². The highest BCUT2D eigenvalue weighted by Crippen LogP contribution is 2.31. The van der Waals surface area contributed by atoms with Crippen molar-refractivity contribution >= 4 is 39.1 Å². The molecule has 1 unspecified atom stereocenters. The largest absolute Gasteiger partial charge is 0.380 e. The minimum atomic E-state index is -4.06. The van der Waals surface area contributed by atoms with Gasteiger partial charge < -0.3 is 9.64 Å². The molecule has 116 valence electrons. The van der Waals surface area contributed by atoms with Crippen LogP contribution in [0.15, 0.2) is 17.0 Å². The summed E-state index contributed by atoms with van der Waals surface area (Å²) in [6.07, 6.45) is 0.709. The van der Waals surface area contributed by atoms with Crippen LogP contribution in [0.5, 0.6) is 0 Å². The average molecular weight is 353 g/mol. The highest BCUT2D eigenvalue weighted by atomic mass is 35.5. The van der Waals surface area contributed by atoms with Crippen molar-refractivity contribution in [1.82, 2.24) is 4.90 Å². The third-order valence-corrected chi connectivity index (χ3v) is 5.16. The van der Waals surface area contributed by atoms with Crippen LogP contribution < -0.4 is 5.14 Å². The van der Waals surface area contributed by atoms with Crippen molar-refractivity contribution in [2.75, 3.05) is 20.2 Å². The summed E-state index contributed by atoms with van der Waals surface area (Å²) in [4.78, 5) is 13.6. The third-order valence-electron chi connectivity index (χ3n) is 3.31. The first-order valence-electron chi connectivity index (χ1n) is 6.08. The molecule has 6 nitrogen and oxygen atoms in total. The quantitative estimate of drug-likeness (QED) is 0.892. The van der Waals surface area contributed by atoms with E-state index in [0.29, 0.717) is 13.1 Å². The lowest BCUT2D eigenvalue weighted by Crippen LogP contribution is -2.30. The van der Waals surface area contributed by atoms with Gasteiger partial charge in [-0.15, -0.1) is 0 Å². The van der Waals surface area contributed by atoms with Gasteiger partial charge in [-0.3, -0.25) is 4.79 Å². The molecule has 1 aliphatic rings. The molecule has 9 heteroatoms. The summed E-state index contributed by atoms with van der Waals surface area (Å²) >= 11 is 11.7.